The third-order valence-electron chi connectivity index (χ3n) is 5.89. The van der Waals surface area contributed by atoms with Gasteiger partial charge in [0, 0.05) is 31.6 Å². The summed E-state index contributed by atoms with van der Waals surface area (Å²) in [6.07, 6.45) is 5.98. The summed E-state index contributed by atoms with van der Waals surface area (Å²) < 4.78 is 0. The van der Waals surface area contributed by atoms with Crippen molar-refractivity contribution in [3.05, 3.63) is 35.9 Å². The lowest BCUT2D eigenvalue weighted by atomic mass is 9.89. The average Bonchev–Trinajstić information content (AvgIpc) is 3.12. The van der Waals surface area contributed by atoms with E-state index in [1.807, 2.05) is 35.2 Å². The van der Waals surface area contributed by atoms with E-state index in [1.54, 1.807) is 0 Å². The van der Waals surface area contributed by atoms with Crippen LogP contribution in [0.3, 0.4) is 0 Å². The Bertz CT molecular complexity index is 627. The van der Waals surface area contributed by atoms with E-state index in [9.17, 15) is 9.59 Å². The highest BCUT2D eigenvalue weighted by molar-refractivity contribution is 5.89. The fourth-order valence-electron chi connectivity index (χ4n) is 4.69. The largest absolute Gasteiger partial charge is 0.344 e. The number of amides is 2. The van der Waals surface area contributed by atoms with Gasteiger partial charge in [0.15, 0.2) is 0 Å². The monoisotopic (exact) mass is 377 g/mol. The third-order valence-corrected chi connectivity index (χ3v) is 5.89. The van der Waals surface area contributed by atoms with E-state index in [2.05, 4.69) is 10.6 Å². The number of nitrogens with one attached hydrogen (secondary N) is 2. The molecule has 0 saturated carbocycles. The molecule has 1 aromatic rings. The molecule has 3 fully saturated rings. The maximum Gasteiger partial charge on any atom is 0.245 e. The zero-order chi connectivity index (χ0) is 17.2. The van der Waals surface area contributed by atoms with Crippen molar-refractivity contribution in [1.29, 1.82) is 0 Å². The number of carbonyl (C=O) groups is 2. The Balaban J connectivity index is 0.00000196. The van der Waals surface area contributed by atoms with E-state index < -0.39 is 0 Å². The highest BCUT2D eigenvalue weighted by atomic mass is 35.5. The van der Waals surface area contributed by atoms with Gasteiger partial charge in [0.05, 0.1) is 0 Å². The van der Waals surface area contributed by atoms with Crippen molar-refractivity contribution in [3.8, 4) is 0 Å². The summed E-state index contributed by atoms with van der Waals surface area (Å²) in [5.41, 5.74) is 1.13. The molecule has 2 N–H and O–H groups in total. The van der Waals surface area contributed by atoms with Crippen LogP contribution in [-0.4, -0.2) is 41.4 Å². The number of hydrogen-bond donors (Lipinski definition) is 2. The summed E-state index contributed by atoms with van der Waals surface area (Å²) in [5.74, 6) is 0.574. The van der Waals surface area contributed by atoms with Crippen LogP contribution in [0.1, 0.15) is 44.1 Å². The molecule has 0 radical (unpaired) electrons. The Labute approximate surface area is 161 Å². The van der Waals surface area contributed by atoms with Crippen LogP contribution >= 0.6 is 12.4 Å². The molecule has 3 aliphatic heterocycles. The Hall–Kier alpha value is -1.59. The van der Waals surface area contributed by atoms with Gasteiger partial charge in [0.1, 0.15) is 6.04 Å². The fraction of sp³-hybridized carbons (Fsp3) is 0.600. The smallest absolute Gasteiger partial charge is 0.245 e. The first kappa shape index (κ1) is 19.2. The first-order chi connectivity index (χ1) is 12.2. The molecule has 0 spiro atoms. The van der Waals surface area contributed by atoms with Crippen molar-refractivity contribution in [2.45, 2.75) is 63.2 Å². The van der Waals surface area contributed by atoms with Crippen LogP contribution in [0, 0.1) is 5.92 Å². The second kappa shape index (κ2) is 8.40. The lowest BCUT2D eigenvalue weighted by Crippen LogP contribution is -2.43. The third kappa shape index (κ3) is 4.38. The highest BCUT2D eigenvalue weighted by Crippen LogP contribution is 2.32. The van der Waals surface area contributed by atoms with Crippen LogP contribution in [0.25, 0.3) is 0 Å². The van der Waals surface area contributed by atoms with Crippen molar-refractivity contribution >= 4 is 24.2 Å². The van der Waals surface area contributed by atoms with Gasteiger partial charge in [-0.15, -0.1) is 12.4 Å². The normalized spacial score (nSPS) is 30.2. The summed E-state index contributed by atoms with van der Waals surface area (Å²) in [6, 6.07) is 10.9. The SMILES string of the molecule is Cl.O=C(CC1CC2CCC(C1)N2)NC1CCN(Cc2ccccc2)C1=O. The number of piperidine rings is 1. The standard InChI is InChI=1S/C20H27N3O2.ClH/c24-19(12-15-10-16-6-7-17(11-15)21-16)22-18-8-9-23(20(18)25)13-14-4-2-1-3-5-14;/h1-5,15-18,21H,6-13H2,(H,22,24);1H. The topological polar surface area (TPSA) is 61.4 Å². The molecule has 3 atom stereocenters. The van der Waals surface area contributed by atoms with Gasteiger partial charge < -0.3 is 15.5 Å². The van der Waals surface area contributed by atoms with E-state index in [-0.39, 0.29) is 30.3 Å². The number of rotatable bonds is 5. The summed E-state index contributed by atoms with van der Waals surface area (Å²) in [4.78, 5) is 26.8. The summed E-state index contributed by atoms with van der Waals surface area (Å²) in [6.45, 7) is 1.35. The van der Waals surface area contributed by atoms with Crippen LogP contribution in [0.15, 0.2) is 30.3 Å². The average molecular weight is 378 g/mol. The molecule has 5 nitrogen and oxygen atoms in total. The molecule has 3 unspecified atom stereocenters. The van der Waals surface area contributed by atoms with Crippen LogP contribution in [-0.2, 0) is 16.1 Å². The minimum absolute atomic E-state index is 0. The van der Waals surface area contributed by atoms with Crippen molar-refractivity contribution in [3.63, 3.8) is 0 Å². The minimum Gasteiger partial charge on any atom is -0.344 e. The quantitative estimate of drug-likeness (QED) is 0.827. The molecule has 6 heteroatoms. The van der Waals surface area contributed by atoms with Crippen LogP contribution < -0.4 is 10.6 Å². The first-order valence-electron chi connectivity index (χ1n) is 9.55. The summed E-state index contributed by atoms with van der Waals surface area (Å²) in [5, 5.41) is 6.60. The number of benzene rings is 1. The first-order valence-corrected chi connectivity index (χ1v) is 9.55. The zero-order valence-corrected chi connectivity index (χ0v) is 15.8. The Morgan fingerprint density at radius 3 is 2.50 bits per heavy atom. The lowest BCUT2D eigenvalue weighted by molar-refractivity contribution is -0.133. The molecular formula is C20H28ClN3O2. The Morgan fingerprint density at radius 2 is 1.81 bits per heavy atom. The summed E-state index contributed by atoms with van der Waals surface area (Å²) >= 11 is 0. The van der Waals surface area contributed by atoms with Gasteiger partial charge in [-0.2, -0.15) is 0 Å². The van der Waals surface area contributed by atoms with Crippen molar-refractivity contribution in [1.82, 2.24) is 15.5 Å². The van der Waals surface area contributed by atoms with E-state index in [1.165, 1.54) is 12.8 Å². The molecule has 1 aromatic carbocycles. The zero-order valence-electron chi connectivity index (χ0n) is 15.0. The predicted octanol–water partition coefficient (Wildman–Crippen LogP) is 2.25. The van der Waals surface area contributed by atoms with Gasteiger partial charge in [-0.1, -0.05) is 30.3 Å². The second-order valence-corrected chi connectivity index (χ2v) is 7.83. The molecule has 2 bridgehead atoms. The lowest BCUT2D eigenvalue weighted by Gasteiger charge is -2.28. The molecule has 0 aromatic heterocycles. The predicted molar refractivity (Wildman–Crippen MR) is 103 cm³/mol. The maximum atomic E-state index is 12.6. The van der Waals surface area contributed by atoms with E-state index in [4.69, 9.17) is 0 Å². The van der Waals surface area contributed by atoms with E-state index >= 15 is 0 Å². The molecule has 26 heavy (non-hydrogen) atoms. The molecular weight excluding hydrogens is 350 g/mol. The second-order valence-electron chi connectivity index (χ2n) is 7.83. The molecule has 142 valence electrons. The highest BCUT2D eigenvalue weighted by Gasteiger charge is 2.36. The fourth-order valence-corrected chi connectivity index (χ4v) is 4.69. The van der Waals surface area contributed by atoms with Crippen LogP contribution in [0.4, 0.5) is 0 Å². The van der Waals surface area contributed by atoms with Crippen molar-refractivity contribution < 1.29 is 9.59 Å². The Morgan fingerprint density at radius 1 is 1.12 bits per heavy atom. The van der Waals surface area contributed by atoms with Crippen molar-refractivity contribution in [2.75, 3.05) is 6.54 Å². The number of hydrogen-bond acceptors (Lipinski definition) is 3. The number of carbonyl (C=O) groups excluding carboxylic acids is 2. The van der Waals surface area contributed by atoms with Gasteiger partial charge in [0.2, 0.25) is 11.8 Å². The number of fused-ring (bicyclic) bond motifs is 2. The Kier molecular flexibility index (Phi) is 6.20. The van der Waals surface area contributed by atoms with E-state index in [0.29, 0.717) is 31.0 Å². The minimum atomic E-state index is -0.338. The van der Waals surface area contributed by atoms with Crippen molar-refractivity contribution in [2.24, 2.45) is 5.92 Å². The molecule has 3 heterocycles. The van der Waals surface area contributed by atoms with Gasteiger partial charge in [-0.05, 0) is 43.6 Å². The number of nitrogens with zero attached hydrogens (tertiary/aromatic N) is 1. The van der Waals surface area contributed by atoms with Crippen LogP contribution in [0.5, 0.6) is 0 Å². The van der Waals surface area contributed by atoms with E-state index in [0.717, 1.165) is 31.4 Å². The molecule has 0 aliphatic carbocycles. The van der Waals surface area contributed by atoms with Gasteiger partial charge in [-0.25, -0.2) is 0 Å². The summed E-state index contributed by atoms with van der Waals surface area (Å²) in [7, 11) is 0. The van der Waals surface area contributed by atoms with Crippen LogP contribution in [0.2, 0.25) is 0 Å². The van der Waals surface area contributed by atoms with Gasteiger partial charge in [0.25, 0.3) is 0 Å². The molecule has 2 amide bonds. The maximum absolute atomic E-state index is 12.6. The molecule has 3 aliphatic rings. The van der Waals surface area contributed by atoms with Gasteiger partial charge in [-0.3, -0.25) is 9.59 Å². The van der Waals surface area contributed by atoms with Gasteiger partial charge >= 0.3 is 0 Å². The molecule has 3 saturated heterocycles. The number of halogens is 1. The number of likely N-dealkylation sites (tertiary alicyclic amines) is 1. The molecule has 4 rings (SSSR count).